The van der Waals surface area contributed by atoms with Crippen molar-refractivity contribution in [2.24, 2.45) is 0 Å². The van der Waals surface area contributed by atoms with Gasteiger partial charge in [0.2, 0.25) is 0 Å². The van der Waals surface area contributed by atoms with Crippen molar-refractivity contribution in [1.82, 2.24) is 15.8 Å². The van der Waals surface area contributed by atoms with Crippen molar-refractivity contribution in [2.75, 3.05) is 18.5 Å². The molecule has 8 nitrogen and oxygen atoms in total. The van der Waals surface area contributed by atoms with Gasteiger partial charge in [0, 0.05) is 7.05 Å². The van der Waals surface area contributed by atoms with Gasteiger partial charge in [-0.1, -0.05) is 37.3 Å². The second kappa shape index (κ2) is 8.22. The topological polar surface area (TPSA) is 91.0 Å². The molecule has 1 unspecified atom stereocenters. The summed E-state index contributed by atoms with van der Waals surface area (Å²) in [5.41, 5.74) is 2.08. The number of amides is 4. The van der Waals surface area contributed by atoms with Gasteiger partial charge in [-0.05, 0) is 37.6 Å². The molecule has 1 atom stereocenters. The number of para-hydroxylation sites is 3. The Morgan fingerprint density at radius 2 is 1.79 bits per heavy atom. The number of hydrogen-bond acceptors (Lipinski definition) is 5. The molecule has 2 aromatic carbocycles. The van der Waals surface area contributed by atoms with Gasteiger partial charge >= 0.3 is 6.03 Å². The first-order valence-corrected chi connectivity index (χ1v) is 9.33. The summed E-state index contributed by atoms with van der Waals surface area (Å²) in [7, 11) is 1.73. The SMILES string of the molecule is CCC1(C)NC(=O)N(NC(=O)CN(C)c2ccccc2Oc2ccccc2)C1=O. The number of hydrogen-bond donors (Lipinski definition) is 2. The van der Waals surface area contributed by atoms with Gasteiger partial charge in [-0.3, -0.25) is 15.0 Å². The lowest BCUT2D eigenvalue weighted by atomic mass is 10.00. The molecule has 0 spiro atoms. The molecule has 8 heteroatoms. The number of urea groups is 1. The normalized spacial score (nSPS) is 18.4. The minimum Gasteiger partial charge on any atom is -0.455 e. The van der Waals surface area contributed by atoms with Crippen LogP contribution < -0.4 is 20.4 Å². The van der Waals surface area contributed by atoms with Crippen LogP contribution in [0.1, 0.15) is 20.3 Å². The fourth-order valence-corrected chi connectivity index (χ4v) is 2.96. The van der Waals surface area contributed by atoms with Gasteiger partial charge in [0.25, 0.3) is 11.8 Å². The summed E-state index contributed by atoms with van der Waals surface area (Å²) < 4.78 is 5.92. The van der Waals surface area contributed by atoms with Crippen LogP contribution in [0.25, 0.3) is 0 Å². The standard InChI is InChI=1S/C21H24N4O4/c1-4-21(2)19(27)25(20(28)22-21)23-18(26)14-24(3)16-12-8-9-13-17(16)29-15-10-6-5-7-11-15/h5-13H,4,14H2,1-3H3,(H,22,28)(H,23,26). The monoisotopic (exact) mass is 396 g/mol. The molecule has 0 aliphatic carbocycles. The molecular weight excluding hydrogens is 372 g/mol. The van der Waals surface area contributed by atoms with Gasteiger partial charge < -0.3 is 15.0 Å². The first-order chi connectivity index (χ1) is 13.8. The van der Waals surface area contributed by atoms with Crippen molar-refractivity contribution in [3.05, 3.63) is 54.6 Å². The quantitative estimate of drug-likeness (QED) is 0.702. The molecule has 1 saturated heterocycles. The number of anilines is 1. The molecular formula is C21H24N4O4. The molecule has 152 valence electrons. The largest absolute Gasteiger partial charge is 0.455 e. The number of likely N-dealkylation sites (N-methyl/N-ethyl adjacent to an activating group) is 1. The fraction of sp³-hybridized carbons (Fsp3) is 0.286. The van der Waals surface area contributed by atoms with Crippen molar-refractivity contribution in [3.8, 4) is 11.5 Å². The zero-order valence-electron chi connectivity index (χ0n) is 16.6. The Morgan fingerprint density at radius 1 is 1.14 bits per heavy atom. The molecule has 29 heavy (non-hydrogen) atoms. The highest BCUT2D eigenvalue weighted by Crippen LogP contribution is 2.31. The summed E-state index contributed by atoms with van der Waals surface area (Å²) in [4.78, 5) is 38.6. The number of nitrogens with one attached hydrogen (secondary N) is 2. The number of hydrazine groups is 1. The summed E-state index contributed by atoms with van der Waals surface area (Å²) in [6, 6.07) is 16.0. The lowest BCUT2D eigenvalue weighted by molar-refractivity contribution is -0.138. The molecule has 0 saturated carbocycles. The van der Waals surface area contributed by atoms with Crippen LogP contribution in [0.15, 0.2) is 54.6 Å². The molecule has 1 aliphatic rings. The number of imide groups is 1. The molecule has 0 radical (unpaired) electrons. The van der Waals surface area contributed by atoms with E-state index in [1.807, 2.05) is 48.5 Å². The van der Waals surface area contributed by atoms with Crippen LogP contribution in [0.2, 0.25) is 0 Å². The third kappa shape index (κ3) is 4.31. The predicted octanol–water partition coefficient (Wildman–Crippen LogP) is 2.67. The van der Waals surface area contributed by atoms with Crippen LogP contribution >= 0.6 is 0 Å². The summed E-state index contributed by atoms with van der Waals surface area (Å²) >= 11 is 0. The summed E-state index contributed by atoms with van der Waals surface area (Å²) in [5, 5.41) is 3.34. The number of carbonyl (C=O) groups is 3. The summed E-state index contributed by atoms with van der Waals surface area (Å²) in [6.45, 7) is 3.35. The van der Waals surface area contributed by atoms with Crippen LogP contribution in [-0.2, 0) is 9.59 Å². The Balaban J connectivity index is 1.68. The van der Waals surface area contributed by atoms with Crippen molar-refractivity contribution >= 4 is 23.5 Å². The molecule has 4 amide bonds. The maximum Gasteiger partial charge on any atom is 0.344 e. The van der Waals surface area contributed by atoms with E-state index in [0.29, 0.717) is 23.6 Å². The van der Waals surface area contributed by atoms with Crippen molar-refractivity contribution < 1.29 is 19.1 Å². The van der Waals surface area contributed by atoms with E-state index >= 15 is 0 Å². The molecule has 1 heterocycles. The Labute approximate surface area is 169 Å². The Bertz CT molecular complexity index is 918. The molecule has 0 bridgehead atoms. The molecule has 0 aromatic heterocycles. The maximum atomic E-state index is 12.5. The van der Waals surface area contributed by atoms with E-state index in [2.05, 4.69) is 10.7 Å². The average Bonchev–Trinajstić information content (AvgIpc) is 2.92. The van der Waals surface area contributed by atoms with Gasteiger partial charge in [0.15, 0.2) is 5.75 Å². The highest BCUT2D eigenvalue weighted by atomic mass is 16.5. The second-order valence-electron chi connectivity index (χ2n) is 7.03. The number of nitrogens with zero attached hydrogens (tertiary/aromatic N) is 2. The van der Waals surface area contributed by atoms with Crippen LogP contribution in [0.3, 0.4) is 0 Å². The average molecular weight is 396 g/mol. The van der Waals surface area contributed by atoms with Crippen molar-refractivity contribution in [2.45, 2.75) is 25.8 Å². The predicted molar refractivity (Wildman–Crippen MR) is 108 cm³/mol. The maximum absolute atomic E-state index is 12.5. The van der Waals surface area contributed by atoms with E-state index in [9.17, 15) is 14.4 Å². The van der Waals surface area contributed by atoms with Crippen molar-refractivity contribution in [3.63, 3.8) is 0 Å². The van der Waals surface area contributed by atoms with Crippen LogP contribution in [0, 0.1) is 0 Å². The fourth-order valence-electron chi connectivity index (χ4n) is 2.96. The lowest BCUT2D eigenvalue weighted by Crippen LogP contribution is -2.50. The molecule has 3 rings (SSSR count). The Morgan fingerprint density at radius 3 is 2.45 bits per heavy atom. The Kier molecular flexibility index (Phi) is 5.72. The second-order valence-corrected chi connectivity index (χ2v) is 7.03. The third-order valence-electron chi connectivity index (χ3n) is 4.83. The Hall–Kier alpha value is -3.55. The van der Waals surface area contributed by atoms with E-state index in [1.54, 1.807) is 31.9 Å². The van der Waals surface area contributed by atoms with E-state index in [1.165, 1.54) is 0 Å². The third-order valence-corrected chi connectivity index (χ3v) is 4.83. The lowest BCUT2D eigenvalue weighted by Gasteiger charge is -2.23. The van der Waals surface area contributed by atoms with Gasteiger partial charge in [-0.15, -0.1) is 0 Å². The zero-order valence-corrected chi connectivity index (χ0v) is 16.6. The number of carbonyl (C=O) groups excluding carboxylic acids is 3. The summed E-state index contributed by atoms with van der Waals surface area (Å²) in [5.74, 6) is 0.290. The molecule has 2 aromatic rings. The molecule has 2 N–H and O–H groups in total. The van der Waals surface area contributed by atoms with Crippen LogP contribution in [0.5, 0.6) is 11.5 Å². The minimum absolute atomic E-state index is 0.0743. The number of ether oxygens (including phenoxy) is 1. The zero-order chi connectivity index (χ0) is 21.0. The first kappa shape index (κ1) is 20.2. The first-order valence-electron chi connectivity index (χ1n) is 9.33. The van der Waals surface area contributed by atoms with E-state index in [0.717, 1.165) is 5.01 Å². The van der Waals surface area contributed by atoms with E-state index in [-0.39, 0.29) is 6.54 Å². The summed E-state index contributed by atoms with van der Waals surface area (Å²) in [6.07, 6.45) is 0.425. The minimum atomic E-state index is -1.01. The van der Waals surface area contributed by atoms with Crippen molar-refractivity contribution in [1.29, 1.82) is 0 Å². The van der Waals surface area contributed by atoms with Gasteiger partial charge in [-0.25, -0.2) is 4.79 Å². The highest BCUT2D eigenvalue weighted by molar-refractivity contribution is 6.07. The van der Waals surface area contributed by atoms with Gasteiger partial charge in [-0.2, -0.15) is 5.01 Å². The van der Waals surface area contributed by atoms with Gasteiger partial charge in [0.05, 0.1) is 12.2 Å². The smallest absolute Gasteiger partial charge is 0.344 e. The number of rotatable bonds is 7. The molecule has 1 fully saturated rings. The number of benzene rings is 2. The van der Waals surface area contributed by atoms with Crippen LogP contribution in [0.4, 0.5) is 10.5 Å². The highest BCUT2D eigenvalue weighted by Gasteiger charge is 2.47. The van der Waals surface area contributed by atoms with E-state index < -0.39 is 23.4 Å². The van der Waals surface area contributed by atoms with Gasteiger partial charge in [0.1, 0.15) is 11.3 Å². The molecule has 1 aliphatic heterocycles. The van der Waals surface area contributed by atoms with E-state index in [4.69, 9.17) is 4.74 Å². The van der Waals surface area contributed by atoms with Crippen LogP contribution in [-0.4, -0.2) is 42.0 Å².